The molecule has 1 heterocycles. The van der Waals surface area contributed by atoms with E-state index in [4.69, 9.17) is 0 Å². The van der Waals surface area contributed by atoms with Crippen LogP contribution in [0.25, 0.3) is 10.8 Å². The number of nitrogens with zero attached hydrogens (tertiary/aromatic N) is 2. The number of carbonyl (C=O) groups is 1. The number of fused-ring (bicyclic) bond motifs is 1. The van der Waals surface area contributed by atoms with Crippen LogP contribution >= 0.6 is 0 Å². The van der Waals surface area contributed by atoms with Gasteiger partial charge in [0.15, 0.2) is 5.69 Å². The standard InChI is InChI=1S/C17H15N3O2/c1-11-7-9-12(10-8-11)18-16(21)15-13-5-3-4-6-14(13)17(22)20(2)19-15/h3-10H,1-2H3,(H,18,21). The maximum Gasteiger partial charge on any atom is 0.276 e. The summed E-state index contributed by atoms with van der Waals surface area (Å²) in [5.41, 5.74) is 1.82. The summed E-state index contributed by atoms with van der Waals surface area (Å²) >= 11 is 0. The number of rotatable bonds is 2. The molecule has 1 amide bonds. The maximum absolute atomic E-state index is 12.5. The molecule has 110 valence electrons. The predicted octanol–water partition coefficient (Wildman–Crippen LogP) is 2.49. The van der Waals surface area contributed by atoms with Crippen molar-refractivity contribution in [3.8, 4) is 0 Å². The van der Waals surface area contributed by atoms with E-state index < -0.39 is 0 Å². The molecule has 5 heteroatoms. The Morgan fingerprint density at radius 3 is 2.36 bits per heavy atom. The lowest BCUT2D eigenvalue weighted by atomic mass is 10.1. The van der Waals surface area contributed by atoms with Crippen molar-refractivity contribution < 1.29 is 4.79 Å². The van der Waals surface area contributed by atoms with Gasteiger partial charge in [0.1, 0.15) is 0 Å². The highest BCUT2D eigenvalue weighted by molar-refractivity contribution is 6.11. The lowest BCUT2D eigenvalue weighted by Gasteiger charge is -2.09. The molecule has 0 aliphatic carbocycles. The Balaban J connectivity index is 2.06. The Hall–Kier alpha value is -2.95. The van der Waals surface area contributed by atoms with Crippen molar-refractivity contribution in [3.05, 3.63) is 70.1 Å². The number of anilines is 1. The van der Waals surface area contributed by atoms with Crippen molar-refractivity contribution in [1.82, 2.24) is 9.78 Å². The average molecular weight is 293 g/mol. The van der Waals surface area contributed by atoms with Gasteiger partial charge in [0.2, 0.25) is 0 Å². The fourth-order valence-corrected chi connectivity index (χ4v) is 2.29. The van der Waals surface area contributed by atoms with Crippen LogP contribution < -0.4 is 10.9 Å². The first-order chi connectivity index (χ1) is 10.6. The van der Waals surface area contributed by atoms with E-state index in [0.717, 1.165) is 5.56 Å². The maximum atomic E-state index is 12.5. The van der Waals surface area contributed by atoms with E-state index in [-0.39, 0.29) is 17.2 Å². The molecule has 3 aromatic rings. The van der Waals surface area contributed by atoms with Gasteiger partial charge in [-0.2, -0.15) is 5.10 Å². The van der Waals surface area contributed by atoms with Gasteiger partial charge < -0.3 is 5.32 Å². The van der Waals surface area contributed by atoms with E-state index in [0.29, 0.717) is 16.5 Å². The van der Waals surface area contributed by atoms with Gasteiger partial charge in [-0.05, 0) is 25.1 Å². The van der Waals surface area contributed by atoms with E-state index in [2.05, 4.69) is 10.4 Å². The number of hydrogen-bond acceptors (Lipinski definition) is 3. The number of aromatic nitrogens is 2. The minimum Gasteiger partial charge on any atom is -0.321 e. The molecule has 0 atom stereocenters. The van der Waals surface area contributed by atoms with Gasteiger partial charge in [-0.1, -0.05) is 35.9 Å². The summed E-state index contributed by atoms with van der Waals surface area (Å²) in [7, 11) is 1.54. The number of carbonyl (C=O) groups excluding carboxylic acids is 1. The van der Waals surface area contributed by atoms with Crippen molar-refractivity contribution >= 4 is 22.4 Å². The minimum atomic E-state index is -0.337. The van der Waals surface area contributed by atoms with Crippen LogP contribution in [0.3, 0.4) is 0 Å². The first-order valence-electron chi connectivity index (χ1n) is 6.90. The second-order valence-electron chi connectivity index (χ2n) is 5.14. The van der Waals surface area contributed by atoms with Gasteiger partial charge in [-0.3, -0.25) is 9.59 Å². The number of aryl methyl sites for hydroxylation is 2. The predicted molar refractivity (Wildman–Crippen MR) is 86.1 cm³/mol. The minimum absolute atomic E-state index is 0.220. The molecule has 0 bridgehead atoms. The molecule has 3 rings (SSSR count). The molecule has 22 heavy (non-hydrogen) atoms. The summed E-state index contributed by atoms with van der Waals surface area (Å²) in [5.74, 6) is -0.337. The zero-order valence-electron chi connectivity index (χ0n) is 12.3. The van der Waals surface area contributed by atoms with Crippen molar-refractivity contribution in [3.63, 3.8) is 0 Å². The molecule has 0 spiro atoms. The second kappa shape index (κ2) is 5.44. The van der Waals surface area contributed by atoms with Crippen molar-refractivity contribution in [2.24, 2.45) is 7.05 Å². The van der Waals surface area contributed by atoms with E-state index in [1.54, 1.807) is 24.3 Å². The molecular formula is C17H15N3O2. The molecule has 1 N–H and O–H groups in total. The highest BCUT2D eigenvalue weighted by Crippen LogP contribution is 2.15. The Bertz CT molecular complexity index is 911. The topological polar surface area (TPSA) is 64.0 Å². The van der Waals surface area contributed by atoms with Crippen molar-refractivity contribution in [2.45, 2.75) is 6.92 Å². The van der Waals surface area contributed by atoms with Gasteiger partial charge in [0.05, 0.1) is 5.39 Å². The highest BCUT2D eigenvalue weighted by atomic mass is 16.2. The summed E-state index contributed by atoms with van der Waals surface area (Å²) in [6.07, 6.45) is 0. The molecule has 0 radical (unpaired) electrons. The highest BCUT2D eigenvalue weighted by Gasteiger charge is 2.15. The Labute approximate surface area is 127 Å². The molecule has 0 fully saturated rings. The zero-order valence-corrected chi connectivity index (χ0v) is 12.3. The smallest absolute Gasteiger partial charge is 0.276 e. The van der Waals surface area contributed by atoms with Gasteiger partial charge in [0, 0.05) is 18.1 Å². The number of benzene rings is 2. The zero-order chi connectivity index (χ0) is 15.7. The molecule has 0 saturated carbocycles. The summed E-state index contributed by atoms with van der Waals surface area (Å²) in [5, 5.41) is 7.95. The fourth-order valence-electron chi connectivity index (χ4n) is 2.29. The van der Waals surface area contributed by atoms with Gasteiger partial charge >= 0.3 is 0 Å². The lowest BCUT2D eigenvalue weighted by Crippen LogP contribution is -2.25. The summed E-state index contributed by atoms with van der Waals surface area (Å²) < 4.78 is 1.19. The Morgan fingerprint density at radius 2 is 1.68 bits per heavy atom. The molecular weight excluding hydrogens is 278 g/mol. The quantitative estimate of drug-likeness (QED) is 0.789. The number of amides is 1. The molecule has 0 aliphatic heterocycles. The van der Waals surface area contributed by atoms with E-state index in [1.807, 2.05) is 31.2 Å². The molecule has 5 nitrogen and oxygen atoms in total. The summed E-state index contributed by atoms with van der Waals surface area (Å²) in [6.45, 7) is 1.98. The largest absolute Gasteiger partial charge is 0.321 e. The van der Waals surface area contributed by atoms with E-state index >= 15 is 0 Å². The van der Waals surface area contributed by atoms with E-state index in [9.17, 15) is 9.59 Å². The van der Waals surface area contributed by atoms with Gasteiger partial charge in [-0.15, -0.1) is 0 Å². The van der Waals surface area contributed by atoms with Gasteiger partial charge in [0.25, 0.3) is 11.5 Å². The van der Waals surface area contributed by atoms with Crippen LogP contribution in [0.2, 0.25) is 0 Å². The van der Waals surface area contributed by atoms with Crippen LogP contribution in [0.5, 0.6) is 0 Å². The fraction of sp³-hybridized carbons (Fsp3) is 0.118. The monoisotopic (exact) mass is 293 g/mol. The second-order valence-corrected chi connectivity index (χ2v) is 5.14. The van der Waals surface area contributed by atoms with Crippen LogP contribution in [0.1, 0.15) is 16.1 Å². The Morgan fingerprint density at radius 1 is 1.05 bits per heavy atom. The number of hydrogen-bond donors (Lipinski definition) is 1. The molecule has 0 unspecified atom stereocenters. The third-order valence-electron chi connectivity index (χ3n) is 3.48. The summed E-state index contributed by atoms with van der Waals surface area (Å²) in [6, 6.07) is 14.5. The molecule has 2 aromatic carbocycles. The normalized spacial score (nSPS) is 10.6. The van der Waals surface area contributed by atoms with Crippen LogP contribution in [0, 0.1) is 6.92 Å². The van der Waals surface area contributed by atoms with Crippen molar-refractivity contribution in [2.75, 3.05) is 5.32 Å². The first-order valence-corrected chi connectivity index (χ1v) is 6.90. The van der Waals surface area contributed by atoms with Crippen LogP contribution in [0.15, 0.2) is 53.3 Å². The molecule has 1 aromatic heterocycles. The third-order valence-corrected chi connectivity index (χ3v) is 3.48. The third kappa shape index (κ3) is 2.48. The molecule has 0 saturated heterocycles. The molecule has 0 aliphatic rings. The Kier molecular flexibility index (Phi) is 3.47. The first kappa shape index (κ1) is 14.0. The lowest BCUT2D eigenvalue weighted by molar-refractivity contribution is 0.102. The average Bonchev–Trinajstić information content (AvgIpc) is 2.53. The number of nitrogens with one attached hydrogen (secondary N) is 1. The van der Waals surface area contributed by atoms with Crippen LogP contribution in [-0.2, 0) is 7.05 Å². The van der Waals surface area contributed by atoms with Crippen LogP contribution in [0.4, 0.5) is 5.69 Å². The summed E-state index contributed by atoms with van der Waals surface area (Å²) in [4.78, 5) is 24.6. The van der Waals surface area contributed by atoms with Crippen LogP contribution in [-0.4, -0.2) is 15.7 Å². The SMILES string of the molecule is Cc1ccc(NC(=O)c2nn(C)c(=O)c3ccccc23)cc1. The van der Waals surface area contributed by atoms with Gasteiger partial charge in [-0.25, -0.2) is 4.68 Å². The van der Waals surface area contributed by atoms with Crippen molar-refractivity contribution in [1.29, 1.82) is 0 Å². The van der Waals surface area contributed by atoms with E-state index in [1.165, 1.54) is 11.7 Å².